The maximum absolute atomic E-state index is 14.0. The number of primary amides is 1. The van der Waals surface area contributed by atoms with Crippen LogP contribution < -0.4 is 5.73 Å². The van der Waals surface area contributed by atoms with E-state index in [4.69, 9.17) is 5.73 Å². The topological polar surface area (TPSA) is 66.6 Å². The first-order valence-electron chi connectivity index (χ1n) is 9.87. The first kappa shape index (κ1) is 21.0. The maximum atomic E-state index is 14.0. The van der Waals surface area contributed by atoms with Crippen molar-refractivity contribution in [1.29, 1.82) is 0 Å². The summed E-state index contributed by atoms with van der Waals surface area (Å²) in [5.74, 6) is -0.513. The molecule has 2 aromatic rings. The van der Waals surface area contributed by atoms with Gasteiger partial charge < -0.3 is 15.5 Å². The Balaban J connectivity index is 1.71. The first-order chi connectivity index (χ1) is 13.8. The van der Waals surface area contributed by atoms with Crippen LogP contribution in [0.15, 0.2) is 48.5 Å². The number of rotatable bonds is 6. The van der Waals surface area contributed by atoms with Crippen molar-refractivity contribution in [2.24, 2.45) is 11.1 Å². The lowest BCUT2D eigenvalue weighted by Crippen LogP contribution is -2.51. The van der Waals surface area contributed by atoms with Crippen molar-refractivity contribution in [2.75, 3.05) is 33.7 Å². The number of likely N-dealkylation sites (N-methyl/N-ethyl adjacent to an activating group) is 1. The number of benzene rings is 2. The second-order valence-corrected chi connectivity index (χ2v) is 8.12. The molecule has 1 heterocycles. The molecule has 1 aliphatic heterocycles. The third kappa shape index (κ3) is 4.82. The number of carbonyl (C=O) groups is 2. The van der Waals surface area contributed by atoms with Gasteiger partial charge in [0, 0.05) is 18.7 Å². The largest absolute Gasteiger partial charge is 0.369 e. The van der Waals surface area contributed by atoms with Crippen molar-refractivity contribution in [2.45, 2.75) is 19.3 Å². The van der Waals surface area contributed by atoms with Crippen LogP contribution in [0.25, 0.3) is 11.1 Å². The van der Waals surface area contributed by atoms with Crippen LogP contribution in [0.3, 0.4) is 0 Å². The molecule has 0 aliphatic carbocycles. The van der Waals surface area contributed by atoms with Crippen LogP contribution in [0.2, 0.25) is 0 Å². The molecule has 1 aliphatic rings. The number of hydrogen-bond donors (Lipinski definition) is 1. The molecule has 0 unspecified atom stereocenters. The number of piperidine rings is 1. The third-order valence-corrected chi connectivity index (χ3v) is 5.73. The summed E-state index contributed by atoms with van der Waals surface area (Å²) in [5.41, 5.74) is 7.47. The summed E-state index contributed by atoms with van der Waals surface area (Å²) in [4.78, 5) is 28.3. The van der Waals surface area contributed by atoms with Gasteiger partial charge in [-0.3, -0.25) is 9.59 Å². The first-order valence-corrected chi connectivity index (χ1v) is 9.87. The van der Waals surface area contributed by atoms with E-state index in [9.17, 15) is 14.0 Å². The number of hydrogen-bond acceptors (Lipinski definition) is 3. The average Bonchev–Trinajstić information content (AvgIpc) is 2.69. The molecule has 1 saturated heterocycles. The molecule has 0 bridgehead atoms. The van der Waals surface area contributed by atoms with E-state index in [2.05, 4.69) is 0 Å². The minimum atomic E-state index is -0.658. The molecule has 29 heavy (non-hydrogen) atoms. The normalized spacial score (nSPS) is 16.1. The van der Waals surface area contributed by atoms with Crippen molar-refractivity contribution in [3.05, 3.63) is 59.9 Å². The van der Waals surface area contributed by atoms with E-state index in [-0.39, 0.29) is 17.6 Å². The number of amides is 2. The van der Waals surface area contributed by atoms with Crippen LogP contribution in [-0.4, -0.2) is 55.3 Å². The fraction of sp³-hybridized carbons (Fsp3) is 0.391. The lowest BCUT2D eigenvalue weighted by Gasteiger charge is -2.40. The summed E-state index contributed by atoms with van der Waals surface area (Å²) < 4.78 is 14.0. The van der Waals surface area contributed by atoms with E-state index in [0.717, 1.165) is 11.1 Å². The summed E-state index contributed by atoms with van der Waals surface area (Å²) >= 11 is 0. The van der Waals surface area contributed by atoms with Crippen molar-refractivity contribution >= 4 is 11.8 Å². The van der Waals surface area contributed by atoms with Crippen LogP contribution in [0.5, 0.6) is 0 Å². The number of nitrogens with zero attached hydrogens (tertiary/aromatic N) is 2. The fourth-order valence-corrected chi connectivity index (χ4v) is 3.95. The Bertz CT molecular complexity index is 872. The zero-order valence-corrected chi connectivity index (χ0v) is 17.0. The minimum absolute atomic E-state index is 0.0716. The van der Waals surface area contributed by atoms with Gasteiger partial charge in [-0.2, -0.15) is 0 Å². The van der Waals surface area contributed by atoms with Crippen molar-refractivity contribution in [3.63, 3.8) is 0 Å². The Morgan fingerprint density at radius 3 is 2.24 bits per heavy atom. The lowest BCUT2D eigenvalue weighted by atomic mass is 9.73. The highest BCUT2D eigenvalue weighted by Crippen LogP contribution is 2.35. The van der Waals surface area contributed by atoms with E-state index in [1.54, 1.807) is 18.2 Å². The molecule has 2 N–H and O–H groups in total. The van der Waals surface area contributed by atoms with Gasteiger partial charge in [0.25, 0.3) is 0 Å². The molecule has 2 aromatic carbocycles. The number of likely N-dealkylation sites (tertiary alicyclic amines) is 1. The second-order valence-electron chi connectivity index (χ2n) is 8.12. The summed E-state index contributed by atoms with van der Waals surface area (Å²) in [6.45, 7) is 1.42. The van der Waals surface area contributed by atoms with Crippen molar-refractivity contribution in [3.8, 4) is 11.1 Å². The van der Waals surface area contributed by atoms with Gasteiger partial charge in [-0.05, 0) is 50.6 Å². The van der Waals surface area contributed by atoms with Gasteiger partial charge in [-0.1, -0.05) is 42.5 Å². The molecule has 0 saturated carbocycles. The quantitative estimate of drug-likeness (QED) is 0.815. The van der Waals surface area contributed by atoms with Gasteiger partial charge in [0.05, 0.1) is 12.0 Å². The molecule has 2 amide bonds. The van der Waals surface area contributed by atoms with Gasteiger partial charge in [-0.15, -0.1) is 0 Å². The molecule has 6 heteroatoms. The van der Waals surface area contributed by atoms with Crippen LogP contribution in [-0.2, 0) is 16.0 Å². The zero-order chi connectivity index (χ0) is 21.0. The Morgan fingerprint density at radius 2 is 1.69 bits per heavy atom. The monoisotopic (exact) mass is 397 g/mol. The van der Waals surface area contributed by atoms with E-state index in [1.165, 1.54) is 6.07 Å². The molecular formula is C23H28FN3O2. The summed E-state index contributed by atoms with van der Waals surface area (Å²) in [6, 6.07) is 14.3. The van der Waals surface area contributed by atoms with Gasteiger partial charge in [0.15, 0.2) is 0 Å². The molecule has 0 aromatic heterocycles. The standard InChI is InChI=1S/C23H28FN3O2/c1-26(2)16-21(28)27-13-11-23(12-14-27,22(25)29)15-17-7-9-18(10-8-17)19-5-3-4-6-20(19)24/h3-10H,11-16H2,1-2H3,(H2,25,29). The van der Waals surface area contributed by atoms with Crippen LogP contribution in [0.4, 0.5) is 4.39 Å². The van der Waals surface area contributed by atoms with Gasteiger partial charge in [0.1, 0.15) is 5.82 Å². The molecule has 0 atom stereocenters. The Morgan fingerprint density at radius 1 is 1.07 bits per heavy atom. The summed E-state index contributed by atoms with van der Waals surface area (Å²) in [7, 11) is 3.72. The lowest BCUT2D eigenvalue weighted by molar-refractivity contribution is -0.139. The van der Waals surface area contributed by atoms with Crippen LogP contribution in [0, 0.1) is 11.2 Å². The minimum Gasteiger partial charge on any atom is -0.369 e. The molecular weight excluding hydrogens is 369 g/mol. The van der Waals surface area contributed by atoms with E-state index in [0.29, 0.717) is 44.5 Å². The molecule has 154 valence electrons. The van der Waals surface area contributed by atoms with E-state index < -0.39 is 5.41 Å². The highest BCUT2D eigenvalue weighted by molar-refractivity contribution is 5.82. The predicted molar refractivity (Wildman–Crippen MR) is 112 cm³/mol. The van der Waals surface area contributed by atoms with E-state index >= 15 is 0 Å². The Kier molecular flexibility index (Phi) is 6.33. The molecule has 1 fully saturated rings. The molecule has 0 radical (unpaired) electrons. The van der Waals surface area contributed by atoms with Crippen LogP contribution in [0.1, 0.15) is 18.4 Å². The Labute approximate surface area is 171 Å². The number of carbonyl (C=O) groups excluding carboxylic acids is 2. The predicted octanol–water partition coefficient (Wildman–Crippen LogP) is 2.69. The molecule has 5 nitrogen and oxygen atoms in total. The smallest absolute Gasteiger partial charge is 0.236 e. The summed E-state index contributed by atoms with van der Waals surface area (Å²) in [5, 5.41) is 0. The number of halogens is 1. The number of nitrogens with two attached hydrogens (primary N) is 1. The van der Waals surface area contributed by atoms with Crippen molar-refractivity contribution < 1.29 is 14.0 Å². The highest BCUT2D eigenvalue weighted by Gasteiger charge is 2.40. The molecule has 0 spiro atoms. The molecule has 3 rings (SSSR count). The fourth-order valence-electron chi connectivity index (χ4n) is 3.95. The third-order valence-electron chi connectivity index (χ3n) is 5.73. The van der Waals surface area contributed by atoms with Crippen LogP contribution >= 0.6 is 0 Å². The highest BCUT2D eigenvalue weighted by atomic mass is 19.1. The Hall–Kier alpha value is -2.73. The van der Waals surface area contributed by atoms with Gasteiger partial charge in [-0.25, -0.2) is 4.39 Å². The zero-order valence-electron chi connectivity index (χ0n) is 17.0. The van der Waals surface area contributed by atoms with Crippen molar-refractivity contribution in [1.82, 2.24) is 9.80 Å². The van der Waals surface area contributed by atoms with Gasteiger partial charge in [0.2, 0.25) is 11.8 Å². The van der Waals surface area contributed by atoms with E-state index in [1.807, 2.05) is 48.2 Å². The van der Waals surface area contributed by atoms with Gasteiger partial charge >= 0.3 is 0 Å². The summed E-state index contributed by atoms with van der Waals surface area (Å²) in [6.07, 6.45) is 1.63. The SMILES string of the molecule is CN(C)CC(=O)N1CCC(Cc2ccc(-c3ccccc3F)cc2)(C(N)=O)CC1. The average molecular weight is 397 g/mol. The second kappa shape index (κ2) is 8.74. The maximum Gasteiger partial charge on any atom is 0.236 e.